The molecule has 7 heteroatoms. The summed E-state index contributed by atoms with van der Waals surface area (Å²) in [6.45, 7) is 4.87. The van der Waals surface area contributed by atoms with Crippen molar-refractivity contribution in [1.29, 1.82) is 0 Å². The summed E-state index contributed by atoms with van der Waals surface area (Å²) in [5.41, 5.74) is 1.13. The first-order valence-corrected chi connectivity index (χ1v) is 10.2. The zero-order valence-electron chi connectivity index (χ0n) is 17.5. The van der Waals surface area contributed by atoms with Gasteiger partial charge in [0.2, 0.25) is 0 Å². The van der Waals surface area contributed by atoms with Gasteiger partial charge in [0.15, 0.2) is 0 Å². The van der Waals surface area contributed by atoms with Gasteiger partial charge in [-0.2, -0.15) is 0 Å². The Labute approximate surface area is 187 Å². The molecule has 0 radical (unpaired) electrons. The van der Waals surface area contributed by atoms with Crippen LogP contribution in [0.2, 0.25) is 5.02 Å². The average molecular weight is 441 g/mol. The topological polar surface area (TPSA) is 70.1 Å². The van der Waals surface area contributed by atoms with Crippen LogP contribution in [0.1, 0.15) is 17.2 Å². The third-order valence-corrected chi connectivity index (χ3v) is 5.22. The first-order chi connectivity index (χ1) is 14.8. The molecule has 1 fully saturated rings. The molecule has 0 bridgehead atoms. The Hall–Kier alpha value is -3.09. The monoisotopic (exact) mass is 440 g/mol. The molecular weight excluding hydrogens is 416 g/mol. The van der Waals surface area contributed by atoms with Crippen LogP contribution in [0.15, 0.2) is 66.8 Å². The predicted molar refractivity (Wildman–Crippen MR) is 121 cm³/mol. The van der Waals surface area contributed by atoms with Crippen LogP contribution >= 0.6 is 11.6 Å². The van der Waals surface area contributed by atoms with Crippen molar-refractivity contribution in [2.45, 2.75) is 6.04 Å². The smallest absolute Gasteiger partial charge is 0.295 e. The van der Waals surface area contributed by atoms with Crippen LogP contribution in [0.3, 0.4) is 0 Å². The molecule has 1 heterocycles. The van der Waals surface area contributed by atoms with E-state index in [4.69, 9.17) is 16.3 Å². The number of carbonyl (C=O) groups excluding carboxylic acids is 2. The quantitative estimate of drug-likeness (QED) is 0.292. The molecule has 1 amide bonds. The molecular formula is C24H25ClN2O4. The van der Waals surface area contributed by atoms with Crippen LogP contribution in [0, 0.1) is 0 Å². The van der Waals surface area contributed by atoms with Crippen molar-refractivity contribution < 1.29 is 19.4 Å². The number of likely N-dealkylation sites (N-methyl/N-ethyl adjacent to an activating group) is 1. The number of carbonyl (C=O) groups is 2. The summed E-state index contributed by atoms with van der Waals surface area (Å²) in [4.78, 5) is 29.2. The van der Waals surface area contributed by atoms with Gasteiger partial charge in [-0.05, 0) is 56.1 Å². The lowest BCUT2D eigenvalue weighted by atomic mass is 9.95. The molecule has 0 unspecified atom stereocenters. The third kappa shape index (κ3) is 4.98. The number of ether oxygens (including phenoxy) is 1. The van der Waals surface area contributed by atoms with E-state index in [2.05, 4.69) is 6.58 Å². The van der Waals surface area contributed by atoms with E-state index in [0.29, 0.717) is 41.6 Å². The molecule has 162 valence electrons. The number of nitrogens with zero attached hydrogens (tertiary/aromatic N) is 2. The van der Waals surface area contributed by atoms with Gasteiger partial charge < -0.3 is 19.6 Å². The summed E-state index contributed by atoms with van der Waals surface area (Å²) in [6.07, 6.45) is 1.63. The molecule has 0 aliphatic carbocycles. The van der Waals surface area contributed by atoms with Gasteiger partial charge in [-0.15, -0.1) is 0 Å². The van der Waals surface area contributed by atoms with Crippen LogP contribution < -0.4 is 4.74 Å². The Morgan fingerprint density at radius 3 is 2.55 bits per heavy atom. The minimum Gasteiger partial charge on any atom is -0.507 e. The minimum absolute atomic E-state index is 0.0470. The number of hydrogen-bond donors (Lipinski definition) is 1. The van der Waals surface area contributed by atoms with Gasteiger partial charge in [-0.25, -0.2) is 0 Å². The van der Waals surface area contributed by atoms with E-state index in [1.54, 1.807) is 54.6 Å². The first kappa shape index (κ1) is 22.6. The van der Waals surface area contributed by atoms with E-state index >= 15 is 0 Å². The van der Waals surface area contributed by atoms with Gasteiger partial charge in [0, 0.05) is 23.7 Å². The molecule has 1 aliphatic heterocycles. The molecule has 1 saturated heterocycles. The van der Waals surface area contributed by atoms with Crippen molar-refractivity contribution in [2.24, 2.45) is 0 Å². The lowest BCUT2D eigenvalue weighted by Crippen LogP contribution is -2.35. The second-order valence-corrected chi connectivity index (χ2v) is 7.91. The number of aliphatic hydroxyl groups is 1. The summed E-state index contributed by atoms with van der Waals surface area (Å²) in [5.74, 6) is -0.979. The van der Waals surface area contributed by atoms with E-state index in [1.807, 2.05) is 19.0 Å². The van der Waals surface area contributed by atoms with Crippen molar-refractivity contribution in [3.63, 3.8) is 0 Å². The molecule has 1 N–H and O–H groups in total. The minimum atomic E-state index is -0.727. The normalized spacial score (nSPS) is 17.9. The highest BCUT2D eigenvalue weighted by molar-refractivity contribution is 6.46. The number of aliphatic hydroxyl groups excluding tert-OH is 1. The molecule has 31 heavy (non-hydrogen) atoms. The number of rotatable bonds is 8. The number of hydrogen-bond acceptors (Lipinski definition) is 5. The molecule has 6 nitrogen and oxygen atoms in total. The predicted octanol–water partition coefficient (Wildman–Crippen LogP) is 3.89. The van der Waals surface area contributed by atoms with Crippen molar-refractivity contribution in [2.75, 3.05) is 33.8 Å². The van der Waals surface area contributed by atoms with E-state index in [-0.39, 0.29) is 11.3 Å². The molecule has 1 aliphatic rings. The number of amides is 1. The second kappa shape index (κ2) is 9.81. The zero-order chi connectivity index (χ0) is 22.5. The highest BCUT2D eigenvalue weighted by atomic mass is 35.5. The largest absolute Gasteiger partial charge is 0.507 e. The van der Waals surface area contributed by atoms with Crippen LogP contribution in [0.4, 0.5) is 0 Å². The highest BCUT2D eigenvalue weighted by Crippen LogP contribution is 2.40. The summed E-state index contributed by atoms with van der Waals surface area (Å²) in [5, 5.41) is 11.5. The molecule has 0 spiro atoms. The lowest BCUT2D eigenvalue weighted by Gasteiger charge is -2.26. The number of halogens is 1. The number of Topliss-reactive ketones (excluding diaryl/α,β-unsaturated/α-hetero) is 1. The Balaban J connectivity index is 2.07. The fourth-order valence-corrected chi connectivity index (χ4v) is 3.66. The van der Waals surface area contributed by atoms with Gasteiger partial charge in [-0.1, -0.05) is 36.4 Å². The summed E-state index contributed by atoms with van der Waals surface area (Å²) in [6, 6.07) is 12.9. The highest BCUT2D eigenvalue weighted by Gasteiger charge is 2.45. The van der Waals surface area contributed by atoms with Crippen molar-refractivity contribution in [3.05, 3.63) is 82.9 Å². The van der Waals surface area contributed by atoms with Crippen LogP contribution in [0.25, 0.3) is 5.76 Å². The number of benzene rings is 2. The zero-order valence-corrected chi connectivity index (χ0v) is 18.3. The number of likely N-dealkylation sites (tertiary alicyclic amines) is 1. The van der Waals surface area contributed by atoms with Gasteiger partial charge >= 0.3 is 0 Å². The lowest BCUT2D eigenvalue weighted by molar-refractivity contribution is -0.140. The average Bonchev–Trinajstić information content (AvgIpc) is 3.01. The van der Waals surface area contributed by atoms with E-state index < -0.39 is 17.7 Å². The molecule has 3 rings (SSSR count). The molecule has 1 atom stereocenters. The maximum Gasteiger partial charge on any atom is 0.295 e. The summed E-state index contributed by atoms with van der Waals surface area (Å²) >= 11 is 6.18. The van der Waals surface area contributed by atoms with E-state index in [9.17, 15) is 14.7 Å². The Bertz CT molecular complexity index is 1010. The SMILES string of the molecule is C=CCOc1ccc(/C(O)=C2\C(=O)C(=O)N(CCN(C)C)[C@@H]2c2cccc(Cl)c2)cc1. The fraction of sp³-hybridized carbons (Fsp3) is 0.250. The maximum absolute atomic E-state index is 13.0. The van der Waals surface area contributed by atoms with Crippen LogP contribution in [-0.2, 0) is 9.59 Å². The second-order valence-electron chi connectivity index (χ2n) is 7.47. The Morgan fingerprint density at radius 2 is 1.94 bits per heavy atom. The summed E-state index contributed by atoms with van der Waals surface area (Å²) < 4.78 is 5.46. The summed E-state index contributed by atoms with van der Waals surface area (Å²) in [7, 11) is 3.78. The van der Waals surface area contributed by atoms with E-state index in [1.165, 1.54) is 4.90 Å². The Morgan fingerprint density at radius 1 is 1.23 bits per heavy atom. The van der Waals surface area contributed by atoms with Gasteiger partial charge in [0.05, 0.1) is 11.6 Å². The van der Waals surface area contributed by atoms with Crippen molar-refractivity contribution in [1.82, 2.24) is 9.80 Å². The molecule has 0 saturated carbocycles. The fourth-order valence-electron chi connectivity index (χ4n) is 3.46. The van der Waals surface area contributed by atoms with Crippen LogP contribution in [0.5, 0.6) is 5.75 Å². The molecule has 2 aromatic carbocycles. The molecule has 2 aromatic rings. The van der Waals surface area contributed by atoms with Crippen molar-refractivity contribution >= 4 is 29.1 Å². The first-order valence-electron chi connectivity index (χ1n) is 9.86. The van der Waals surface area contributed by atoms with Crippen LogP contribution in [-0.4, -0.2) is 60.4 Å². The maximum atomic E-state index is 13.0. The van der Waals surface area contributed by atoms with Gasteiger partial charge in [0.25, 0.3) is 11.7 Å². The van der Waals surface area contributed by atoms with Gasteiger partial charge in [0.1, 0.15) is 18.1 Å². The third-order valence-electron chi connectivity index (χ3n) is 4.99. The van der Waals surface area contributed by atoms with Crippen molar-refractivity contribution in [3.8, 4) is 5.75 Å². The van der Waals surface area contributed by atoms with Gasteiger partial charge in [-0.3, -0.25) is 9.59 Å². The molecule has 0 aromatic heterocycles. The number of ketones is 1. The standard InChI is InChI=1S/C24H25ClN2O4/c1-4-14-31-19-10-8-16(9-11-19)22(28)20-21(17-6-5-7-18(25)15-17)27(13-12-26(2)3)24(30)23(20)29/h4-11,15,21,28H,1,12-14H2,2-3H3/b22-20+/t21-/m1/s1. The van der Waals surface area contributed by atoms with E-state index in [0.717, 1.165) is 0 Å². The Kier molecular flexibility index (Phi) is 7.15.